The van der Waals surface area contributed by atoms with Crippen LogP contribution in [-0.4, -0.2) is 31.6 Å². The highest BCUT2D eigenvalue weighted by Crippen LogP contribution is 2.55. The average molecular weight is 459 g/mol. The lowest BCUT2D eigenvalue weighted by molar-refractivity contribution is -0.128. The topological polar surface area (TPSA) is 68.3 Å². The Morgan fingerprint density at radius 1 is 0.882 bits per heavy atom. The maximum Gasteiger partial charge on any atom is 0.266 e. The van der Waals surface area contributed by atoms with Crippen molar-refractivity contribution in [1.29, 1.82) is 0 Å². The summed E-state index contributed by atoms with van der Waals surface area (Å²) in [5.41, 5.74) is 0.981. The van der Waals surface area contributed by atoms with Crippen LogP contribution in [-0.2, 0) is 14.4 Å². The second-order valence-corrected chi connectivity index (χ2v) is 8.51. The number of benzene rings is 3. The highest BCUT2D eigenvalue weighted by atomic mass is 16.7. The van der Waals surface area contributed by atoms with Gasteiger partial charge in [0.25, 0.3) is 5.91 Å². The van der Waals surface area contributed by atoms with Gasteiger partial charge in [-0.25, -0.2) is 9.96 Å². The number of methoxy groups -OCH3 is 1. The van der Waals surface area contributed by atoms with E-state index in [1.807, 2.05) is 68.4 Å². The molecule has 5 rings (SSSR count). The summed E-state index contributed by atoms with van der Waals surface area (Å²) in [5, 5.41) is 1.69. The van der Waals surface area contributed by atoms with Crippen molar-refractivity contribution in [2.75, 3.05) is 23.7 Å². The Bertz CT molecular complexity index is 1200. The Balaban J connectivity index is 1.57. The number of nitrogens with zero attached hydrogens (tertiary/aromatic N) is 2. The molecule has 3 aromatic rings. The summed E-state index contributed by atoms with van der Waals surface area (Å²) in [6.07, 6.45) is -0.959. The molecule has 7 heteroatoms. The Labute approximate surface area is 198 Å². The monoisotopic (exact) mass is 458 g/mol. The lowest BCUT2D eigenvalue weighted by Gasteiger charge is -2.32. The van der Waals surface area contributed by atoms with E-state index in [4.69, 9.17) is 14.3 Å². The molecule has 3 unspecified atom stereocenters. The standard InChI is InChI=1S/C27H26N2O5/c1-4-33-22-16-12-19(13-17-22)28-25(30)24-27(2,26(28)31)23(18-10-14-21(32-3)15-11-18)29(34-24)20-8-6-5-7-9-20/h5-17,23-24H,4H2,1-3H3. The summed E-state index contributed by atoms with van der Waals surface area (Å²) in [5.74, 6) is 0.708. The highest BCUT2D eigenvalue weighted by Gasteiger charge is 2.68. The zero-order valence-electron chi connectivity index (χ0n) is 19.3. The third-order valence-corrected chi connectivity index (χ3v) is 6.52. The molecule has 2 aliphatic rings. The molecule has 3 aromatic carbocycles. The van der Waals surface area contributed by atoms with Crippen LogP contribution in [0.25, 0.3) is 0 Å². The first-order chi connectivity index (χ1) is 16.5. The molecule has 0 N–H and O–H groups in total. The van der Waals surface area contributed by atoms with Gasteiger partial charge in [-0.1, -0.05) is 30.3 Å². The average Bonchev–Trinajstić information content (AvgIpc) is 3.28. The molecule has 0 bridgehead atoms. The van der Waals surface area contributed by atoms with E-state index in [1.165, 1.54) is 4.90 Å². The van der Waals surface area contributed by atoms with E-state index in [-0.39, 0.29) is 11.8 Å². The molecule has 7 nitrogen and oxygen atoms in total. The SMILES string of the molecule is CCOc1ccc(N2C(=O)C3ON(c4ccccc4)C(c4ccc(OC)cc4)C3(C)C2=O)cc1. The number of hydroxylamine groups is 1. The third kappa shape index (κ3) is 3.31. The van der Waals surface area contributed by atoms with Gasteiger partial charge in [-0.3, -0.25) is 14.4 Å². The van der Waals surface area contributed by atoms with Crippen molar-refractivity contribution in [3.63, 3.8) is 0 Å². The zero-order chi connectivity index (χ0) is 23.9. The van der Waals surface area contributed by atoms with Crippen molar-refractivity contribution in [2.45, 2.75) is 26.0 Å². The van der Waals surface area contributed by atoms with E-state index in [1.54, 1.807) is 36.4 Å². The van der Waals surface area contributed by atoms with Gasteiger partial charge in [0, 0.05) is 0 Å². The molecular weight excluding hydrogens is 432 g/mol. The fourth-order valence-electron chi connectivity index (χ4n) is 4.82. The summed E-state index contributed by atoms with van der Waals surface area (Å²) < 4.78 is 10.8. The molecule has 2 heterocycles. The molecular formula is C27H26N2O5. The van der Waals surface area contributed by atoms with Crippen LogP contribution in [0.3, 0.4) is 0 Å². The Morgan fingerprint density at radius 2 is 1.53 bits per heavy atom. The third-order valence-electron chi connectivity index (χ3n) is 6.52. The van der Waals surface area contributed by atoms with Gasteiger partial charge < -0.3 is 9.47 Å². The van der Waals surface area contributed by atoms with Crippen LogP contribution in [0.1, 0.15) is 25.5 Å². The number of fused-ring (bicyclic) bond motifs is 1. The molecule has 0 aliphatic carbocycles. The zero-order valence-corrected chi connectivity index (χ0v) is 19.3. The van der Waals surface area contributed by atoms with Crippen molar-refractivity contribution in [3.8, 4) is 11.5 Å². The first-order valence-corrected chi connectivity index (χ1v) is 11.2. The molecule has 0 spiro atoms. The van der Waals surface area contributed by atoms with Gasteiger partial charge in [-0.2, -0.15) is 0 Å². The van der Waals surface area contributed by atoms with Crippen LogP contribution < -0.4 is 19.4 Å². The van der Waals surface area contributed by atoms with Crippen molar-refractivity contribution < 1.29 is 23.9 Å². The van der Waals surface area contributed by atoms with Gasteiger partial charge in [-0.15, -0.1) is 0 Å². The van der Waals surface area contributed by atoms with Gasteiger partial charge in [0.1, 0.15) is 16.9 Å². The number of hydrogen-bond acceptors (Lipinski definition) is 6. The molecule has 2 amide bonds. The highest BCUT2D eigenvalue weighted by molar-refractivity contribution is 6.25. The molecule has 34 heavy (non-hydrogen) atoms. The lowest BCUT2D eigenvalue weighted by atomic mass is 9.76. The van der Waals surface area contributed by atoms with Crippen molar-refractivity contribution in [2.24, 2.45) is 5.41 Å². The number of amides is 2. The van der Waals surface area contributed by atoms with Crippen molar-refractivity contribution >= 4 is 23.2 Å². The first kappa shape index (κ1) is 22.0. The lowest BCUT2D eigenvalue weighted by Crippen LogP contribution is -2.41. The van der Waals surface area contributed by atoms with Gasteiger partial charge >= 0.3 is 0 Å². The quantitative estimate of drug-likeness (QED) is 0.506. The fourth-order valence-corrected chi connectivity index (χ4v) is 4.82. The van der Waals surface area contributed by atoms with Crippen LogP contribution in [0.4, 0.5) is 11.4 Å². The number of carbonyl (C=O) groups is 2. The summed E-state index contributed by atoms with van der Waals surface area (Å²) in [4.78, 5) is 35.0. The molecule has 0 aromatic heterocycles. The Hall–Kier alpha value is -3.84. The van der Waals surface area contributed by atoms with E-state index in [2.05, 4.69) is 0 Å². The number of carbonyl (C=O) groups excluding carboxylic acids is 2. The van der Waals surface area contributed by atoms with Crippen molar-refractivity contribution in [1.82, 2.24) is 0 Å². The van der Waals surface area contributed by atoms with Crippen LogP contribution in [0.2, 0.25) is 0 Å². The molecule has 0 saturated carbocycles. The second-order valence-electron chi connectivity index (χ2n) is 8.51. The Kier molecular flexibility index (Phi) is 5.49. The summed E-state index contributed by atoms with van der Waals surface area (Å²) in [6, 6.07) is 23.5. The van der Waals surface area contributed by atoms with E-state index >= 15 is 0 Å². The predicted octanol–water partition coefficient (Wildman–Crippen LogP) is 4.54. The van der Waals surface area contributed by atoms with E-state index in [9.17, 15) is 9.59 Å². The molecule has 0 radical (unpaired) electrons. The van der Waals surface area contributed by atoms with E-state index in [0.29, 0.717) is 23.8 Å². The maximum atomic E-state index is 14.0. The minimum absolute atomic E-state index is 0.300. The number of hydrogen-bond donors (Lipinski definition) is 0. The van der Waals surface area contributed by atoms with Gasteiger partial charge in [0.15, 0.2) is 6.10 Å². The normalized spacial score (nSPS) is 23.9. The van der Waals surface area contributed by atoms with E-state index < -0.39 is 17.6 Å². The van der Waals surface area contributed by atoms with Crippen LogP contribution in [0.15, 0.2) is 78.9 Å². The van der Waals surface area contributed by atoms with E-state index in [0.717, 1.165) is 11.3 Å². The summed E-state index contributed by atoms with van der Waals surface area (Å²) >= 11 is 0. The molecule has 2 saturated heterocycles. The fraction of sp³-hybridized carbons (Fsp3) is 0.259. The minimum Gasteiger partial charge on any atom is -0.497 e. The van der Waals surface area contributed by atoms with Gasteiger partial charge in [0.2, 0.25) is 5.91 Å². The number of imide groups is 1. The smallest absolute Gasteiger partial charge is 0.266 e. The predicted molar refractivity (Wildman–Crippen MR) is 128 cm³/mol. The number of rotatable bonds is 6. The van der Waals surface area contributed by atoms with Crippen LogP contribution in [0, 0.1) is 5.41 Å². The minimum atomic E-state index is -1.14. The molecule has 174 valence electrons. The number of para-hydroxylation sites is 1. The number of ether oxygens (including phenoxy) is 2. The van der Waals surface area contributed by atoms with Crippen LogP contribution >= 0.6 is 0 Å². The van der Waals surface area contributed by atoms with Gasteiger partial charge in [-0.05, 0) is 67.9 Å². The van der Waals surface area contributed by atoms with Crippen molar-refractivity contribution in [3.05, 3.63) is 84.4 Å². The molecule has 2 aliphatic heterocycles. The summed E-state index contributed by atoms with van der Waals surface area (Å²) in [7, 11) is 1.61. The molecule has 3 atom stereocenters. The Morgan fingerprint density at radius 3 is 2.15 bits per heavy atom. The first-order valence-electron chi connectivity index (χ1n) is 11.2. The number of anilines is 2. The van der Waals surface area contributed by atoms with Crippen LogP contribution in [0.5, 0.6) is 11.5 Å². The molecule has 2 fully saturated rings. The summed E-state index contributed by atoms with van der Waals surface area (Å²) in [6.45, 7) is 4.25. The largest absolute Gasteiger partial charge is 0.497 e. The maximum absolute atomic E-state index is 14.0. The second kappa shape index (κ2) is 8.50. The van der Waals surface area contributed by atoms with Gasteiger partial charge in [0.05, 0.1) is 31.1 Å².